The first-order chi connectivity index (χ1) is 48.1. The highest BCUT2D eigenvalue weighted by atomic mass is 19.1. The number of esters is 3. The highest BCUT2D eigenvalue weighted by Gasteiger charge is 2.31. The van der Waals surface area contributed by atoms with E-state index in [1.807, 2.05) is 18.2 Å². The summed E-state index contributed by atoms with van der Waals surface area (Å²) in [6.07, 6.45) is 25.9. The van der Waals surface area contributed by atoms with E-state index in [0.29, 0.717) is 80.0 Å². The van der Waals surface area contributed by atoms with Gasteiger partial charge in [0.2, 0.25) is 0 Å². The molecule has 0 spiro atoms. The van der Waals surface area contributed by atoms with Gasteiger partial charge in [-0.05, 0) is 146 Å². The Balaban J connectivity index is 0.814. The molecule has 18 heteroatoms. The third-order valence-corrected chi connectivity index (χ3v) is 16.5. The number of nitrogens with zero attached hydrogens (tertiary/aromatic N) is 3. The summed E-state index contributed by atoms with van der Waals surface area (Å²) in [5.41, 5.74) is 2.14. The summed E-state index contributed by atoms with van der Waals surface area (Å²) in [7, 11) is 0. The molecular formula is C81H92F3N3O12. The summed E-state index contributed by atoms with van der Waals surface area (Å²) in [5, 5.41) is 26.9. The van der Waals surface area contributed by atoms with Gasteiger partial charge in [0.25, 0.3) is 5.97 Å². The van der Waals surface area contributed by atoms with Gasteiger partial charge in [-0.25, -0.2) is 27.6 Å². The molecule has 0 aromatic heterocycles. The molecule has 0 bridgehead atoms. The molecule has 0 saturated heterocycles. The van der Waals surface area contributed by atoms with Crippen molar-refractivity contribution < 1.29 is 70.2 Å². The fourth-order valence-corrected chi connectivity index (χ4v) is 10.5. The number of benzene rings is 6. The molecule has 0 aliphatic carbocycles. The van der Waals surface area contributed by atoms with Crippen molar-refractivity contribution >= 4 is 34.6 Å². The molecule has 6 rings (SSSR count). The summed E-state index contributed by atoms with van der Waals surface area (Å²) >= 11 is 0. The molecule has 0 aliphatic heterocycles. The van der Waals surface area contributed by atoms with E-state index in [1.54, 1.807) is 72.8 Å². The van der Waals surface area contributed by atoms with Crippen LogP contribution in [-0.4, -0.2) is 63.5 Å². The predicted octanol–water partition coefficient (Wildman–Crippen LogP) is 19.6. The van der Waals surface area contributed by atoms with Gasteiger partial charge in [-0.2, -0.15) is 15.8 Å². The van der Waals surface area contributed by atoms with Gasteiger partial charge >= 0.3 is 17.9 Å². The zero-order valence-electron chi connectivity index (χ0n) is 57.0. The normalized spacial score (nSPS) is 11.0. The molecule has 6 aromatic carbocycles. The summed E-state index contributed by atoms with van der Waals surface area (Å²) < 4.78 is 95.5. The molecule has 0 heterocycles. The second-order valence-electron chi connectivity index (χ2n) is 24.1. The number of hydrogen-bond donors (Lipinski definition) is 0. The molecule has 0 amide bonds. The molecule has 6 aromatic rings. The van der Waals surface area contributed by atoms with Crippen molar-refractivity contribution in [2.75, 3.05) is 39.6 Å². The monoisotopic (exact) mass is 1360 g/mol. The van der Waals surface area contributed by atoms with E-state index in [4.69, 9.17) is 58.4 Å². The number of carbonyl (C=O) groups is 3. The molecule has 15 nitrogen and oxygen atoms in total. The Morgan fingerprint density at radius 1 is 0.343 bits per heavy atom. The van der Waals surface area contributed by atoms with Gasteiger partial charge in [0.15, 0.2) is 34.7 Å². The number of halogens is 3. The Labute approximate surface area is 581 Å². The van der Waals surface area contributed by atoms with Crippen molar-refractivity contribution in [3.05, 3.63) is 198 Å². The van der Waals surface area contributed by atoms with Crippen LogP contribution in [0.1, 0.15) is 201 Å². The highest BCUT2D eigenvalue weighted by Crippen LogP contribution is 2.29. The topological polar surface area (TPSA) is 206 Å². The van der Waals surface area contributed by atoms with E-state index in [9.17, 15) is 27.6 Å². The highest BCUT2D eigenvalue weighted by molar-refractivity contribution is 6.17. The molecule has 0 saturated carbocycles. The van der Waals surface area contributed by atoms with Crippen molar-refractivity contribution in [1.29, 1.82) is 15.8 Å². The minimum absolute atomic E-state index is 0.0678. The third-order valence-electron chi connectivity index (χ3n) is 16.5. The molecule has 0 radical (unpaired) electrons. The van der Waals surface area contributed by atoms with E-state index < -0.39 is 41.3 Å². The Hall–Kier alpha value is -9.51. The fourth-order valence-electron chi connectivity index (χ4n) is 10.5. The molecule has 524 valence electrons. The van der Waals surface area contributed by atoms with Crippen molar-refractivity contribution in [2.24, 2.45) is 0 Å². The van der Waals surface area contributed by atoms with Crippen LogP contribution >= 0.6 is 0 Å². The standard InChI is InChI=1S/C81H92F3N3O12/c1-5-81(94-51-27-21-15-9-6-12-18-24-48-91-69-39-33-66(34-40-69)60(2)78(88)97-75-45-30-63(57-85)54-72(75)82,95-52-28-22-16-10-7-13-19-25-49-92-70-41-35-67(36-42-70)61(3)79(89)98-76-46-31-64(58-86)55-73(76)83)96-53-29-23-17-11-8-14-20-26-50-93-71-43-37-68(38-44-71)62(4)80(90)99-77-47-32-65(59-87)56-74(77)84/h30-47,54-56H,2-29,48-53H2,1H3. The van der Waals surface area contributed by atoms with Crippen LogP contribution < -0.4 is 28.4 Å². The Kier molecular flexibility index (Phi) is 35.2. The van der Waals surface area contributed by atoms with E-state index in [2.05, 4.69) is 26.7 Å². The third kappa shape index (κ3) is 28.5. The average molecular weight is 1360 g/mol. The van der Waals surface area contributed by atoms with Gasteiger partial charge in [0.05, 0.1) is 91.3 Å². The number of ether oxygens (including phenoxy) is 9. The number of rotatable bonds is 49. The maximum Gasteiger partial charge on any atom is 0.343 e. The first-order valence-corrected chi connectivity index (χ1v) is 34.6. The van der Waals surface area contributed by atoms with Crippen LogP contribution in [0.4, 0.5) is 13.2 Å². The predicted molar refractivity (Wildman–Crippen MR) is 375 cm³/mol. The molecular weight excluding hydrogens is 1260 g/mol. The zero-order valence-corrected chi connectivity index (χ0v) is 57.0. The molecule has 0 unspecified atom stereocenters. The fraction of sp³-hybridized carbons (Fsp3) is 0.407. The second-order valence-corrected chi connectivity index (χ2v) is 24.1. The molecule has 0 N–H and O–H groups in total. The summed E-state index contributed by atoms with van der Waals surface area (Å²) in [6, 6.07) is 37.2. The largest absolute Gasteiger partial charge is 0.494 e. The lowest BCUT2D eigenvalue weighted by Gasteiger charge is -2.32. The van der Waals surface area contributed by atoms with Crippen molar-refractivity contribution in [2.45, 2.75) is 173 Å². The quantitative estimate of drug-likeness (QED) is 0.0114. The van der Waals surface area contributed by atoms with Crippen LogP contribution in [0.3, 0.4) is 0 Å². The van der Waals surface area contributed by atoms with E-state index >= 15 is 0 Å². The first-order valence-electron chi connectivity index (χ1n) is 34.6. The van der Waals surface area contributed by atoms with E-state index in [-0.39, 0.29) is 50.7 Å². The average Bonchev–Trinajstić information content (AvgIpc) is 0.894. The van der Waals surface area contributed by atoms with Crippen LogP contribution in [0.5, 0.6) is 34.5 Å². The van der Waals surface area contributed by atoms with Crippen LogP contribution in [0, 0.1) is 51.4 Å². The summed E-state index contributed by atoms with van der Waals surface area (Å²) in [6.45, 7) is 16.9. The summed E-state index contributed by atoms with van der Waals surface area (Å²) in [4.78, 5) is 37.9. The minimum atomic E-state index is -1.08. The SMILES string of the molecule is C=C(C(=O)Oc1ccc(C#N)cc1F)c1ccc(OCCCCCCCCCCOC(CC)(OCCCCCCCCCCOc2ccc(C(=C)C(=O)Oc3ccc(C#N)cc3F)cc2)OCCCCCCCCCCOc2ccc(C(=C)C(=O)Oc3ccc(C#N)cc3F)cc2)cc1. The minimum Gasteiger partial charge on any atom is -0.494 e. The zero-order chi connectivity index (χ0) is 70.9. The van der Waals surface area contributed by atoms with Crippen LogP contribution in [0.15, 0.2) is 147 Å². The van der Waals surface area contributed by atoms with Gasteiger partial charge < -0.3 is 42.6 Å². The van der Waals surface area contributed by atoms with Gasteiger partial charge in [0.1, 0.15) is 17.2 Å². The number of carbonyl (C=O) groups excluding carboxylic acids is 3. The van der Waals surface area contributed by atoms with E-state index in [0.717, 1.165) is 172 Å². The van der Waals surface area contributed by atoms with Gasteiger partial charge in [-0.1, -0.05) is 179 Å². The van der Waals surface area contributed by atoms with Crippen molar-refractivity contribution in [3.63, 3.8) is 0 Å². The van der Waals surface area contributed by atoms with Crippen LogP contribution in [0.25, 0.3) is 16.7 Å². The van der Waals surface area contributed by atoms with Crippen molar-refractivity contribution in [1.82, 2.24) is 0 Å². The lowest BCUT2D eigenvalue weighted by atomic mass is 10.1. The Morgan fingerprint density at radius 2 is 0.566 bits per heavy atom. The lowest BCUT2D eigenvalue weighted by molar-refractivity contribution is -0.382. The van der Waals surface area contributed by atoms with E-state index in [1.165, 1.54) is 36.4 Å². The number of hydrogen-bond acceptors (Lipinski definition) is 15. The number of nitriles is 3. The Morgan fingerprint density at radius 3 is 0.778 bits per heavy atom. The van der Waals surface area contributed by atoms with Crippen LogP contribution in [0.2, 0.25) is 0 Å². The van der Waals surface area contributed by atoms with Gasteiger partial charge in [0, 0.05) is 6.42 Å². The first kappa shape index (κ1) is 78.5. The smallest absolute Gasteiger partial charge is 0.343 e. The van der Waals surface area contributed by atoms with Gasteiger partial charge in [-0.3, -0.25) is 0 Å². The number of unbranched alkanes of at least 4 members (excludes halogenated alkanes) is 21. The Bertz CT molecular complexity index is 3290. The molecule has 99 heavy (non-hydrogen) atoms. The maximum atomic E-state index is 14.3. The maximum absolute atomic E-state index is 14.3. The molecule has 0 aliphatic rings. The van der Waals surface area contributed by atoms with Crippen molar-refractivity contribution in [3.8, 4) is 52.7 Å². The second kappa shape index (κ2) is 44.4. The molecule has 0 atom stereocenters. The lowest BCUT2D eigenvalue weighted by Crippen LogP contribution is -2.39. The summed E-state index contributed by atoms with van der Waals surface area (Å²) in [5.74, 6) is -4.68. The van der Waals surface area contributed by atoms with Gasteiger partial charge in [-0.15, -0.1) is 0 Å². The van der Waals surface area contributed by atoms with Crippen LogP contribution in [-0.2, 0) is 28.6 Å². The molecule has 0 fully saturated rings.